The maximum absolute atomic E-state index is 15.1. The van der Waals surface area contributed by atoms with Crippen LogP contribution in [-0.2, 0) is 4.79 Å². The maximum Gasteiger partial charge on any atom is 0.737 e. The first kappa shape index (κ1) is 15.5. The van der Waals surface area contributed by atoms with Gasteiger partial charge in [-0.3, -0.25) is 0 Å². The molecule has 4 nitrogen and oxygen atoms in total. The molecule has 0 spiro atoms. The number of carboxylic acids is 1. The Balaban J connectivity index is 2.28. The van der Waals surface area contributed by atoms with Gasteiger partial charge in [-0.2, -0.15) is 0 Å². The highest BCUT2D eigenvalue weighted by Gasteiger charge is 2.54. The minimum absolute atomic E-state index is 0.368. The lowest BCUT2D eigenvalue weighted by atomic mass is 9.89. The van der Waals surface area contributed by atoms with Crippen LogP contribution in [0.1, 0.15) is 30.8 Å². The van der Waals surface area contributed by atoms with E-state index >= 15 is 8.63 Å². The largest absolute Gasteiger partial charge is 0.737 e. The van der Waals surface area contributed by atoms with Crippen LogP contribution in [-0.4, -0.2) is 32.7 Å². The predicted molar refractivity (Wildman–Crippen MR) is 85.7 cm³/mol. The average Bonchev–Trinajstić information content (AvgIpc) is 2.84. The van der Waals surface area contributed by atoms with E-state index in [1.54, 1.807) is 32.9 Å². The Labute approximate surface area is 132 Å². The van der Waals surface area contributed by atoms with E-state index in [1.807, 2.05) is 6.92 Å². The van der Waals surface area contributed by atoms with E-state index in [4.69, 9.17) is 5.11 Å². The van der Waals surface area contributed by atoms with Crippen molar-refractivity contribution in [3.63, 3.8) is 0 Å². The summed E-state index contributed by atoms with van der Waals surface area (Å²) >= 11 is 0. The summed E-state index contributed by atoms with van der Waals surface area (Å²) in [7, 11) is 0. The molecule has 0 aromatic carbocycles. The van der Waals surface area contributed by atoms with Gasteiger partial charge in [0.2, 0.25) is 0 Å². The van der Waals surface area contributed by atoms with Crippen LogP contribution in [0.3, 0.4) is 0 Å². The van der Waals surface area contributed by atoms with Crippen molar-refractivity contribution < 1.29 is 23.0 Å². The van der Waals surface area contributed by atoms with E-state index in [1.165, 1.54) is 6.08 Å². The number of hydrogen-bond donors (Lipinski definition) is 1. The number of nitrogens with zero attached hydrogens (tertiary/aromatic N) is 2. The molecule has 2 aliphatic rings. The molecule has 0 amide bonds. The Morgan fingerprint density at radius 1 is 1.30 bits per heavy atom. The van der Waals surface area contributed by atoms with E-state index in [0.717, 1.165) is 20.6 Å². The van der Waals surface area contributed by atoms with E-state index in [-0.39, 0.29) is 0 Å². The summed E-state index contributed by atoms with van der Waals surface area (Å²) in [6.45, 7) is 2.81. The van der Waals surface area contributed by atoms with Gasteiger partial charge in [-0.05, 0) is 44.2 Å². The quantitative estimate of drug-likeness (QED) is 0.673. The lowest BCUT2D eigenvalue weighted by Gasteiger charge is -2.30. The molecule has 120 valence electrons. The topological polar surface area (TPSA) is 45.2 Å². The van der Waals surface area contributed by atoms with Gasteiger partial charge in [0, 0.05) is 35.9 Å². The Morgan fingerprint density at radius 2 is 1.96 bits per heavy atom. The summed E-state index contributed by atoms with van der Waals surface area (Å²) in [6, 6.07) is 1.75. The molecule has 0 radical (unpaired) electrons. The Kier molecular flexibility index (Phi) is 3.21. The molecule has 0 unspecified atom stereocenters. The number of fused-ring (bicyclic) bond motifs is 2. The molecule has 0 fully saturated rings. The zero-order valence-corrected chi connectivity index (χ0v) is 13.4. The number of aryl methyl sites for hydroxylation is 2. The molecular formula is C16H17BF2N2O2. The number of halogens is 2. The van der Waals surface area contributed by atoms with Crippen LogP contribution in [0.2, 0.25) is 0 Å². The van der Waals surface area contributed by atoms with Gasteiger partial charge in [-0.1, -0.05) is 0 Å². The summed E-state index contributed by atoms with van der Waals surface area (Å²) in [5, 5.41) is 8.79. The third-order valence-corrected chi connectivity index (χ3v) is 4.56. The minimum Gasteiger partial charge on any atom is -0.478 e. The van der Waals surface area contributed by atoms with Crippen molar-refractivity contribution in [2.75, 3.05) is 0 Å². The summed E-state index contributed by atoms with van der Waals surface area (Å²) in [5.41, 5.74) is 3.81. The zero-order valence-electron chi connectivity index (χ0n) is 13.4. The highest BCUT2D eigenvalue weighted by Crippen LogP contribution is 2.38. The predicted octanol–water partition coefficient (Wildman–Crippen LogP) is 3.13. The monoisotopic (exact) mass is 318 g/mol. The Hall–Kier alpha value is -2.44. The third-order valence-electron chi connectivity index (χ3n) is 4.56. The number of aliphatic carboxylic acids is 1. The number of aromatic nitrogens is 1. The second-order valence-corrected chi connectivity index (χ2v) is 6.01. The number of rotatable bonds is 2. The normalized spacial score (nSPS) is 19.3. The molecule has 1 aromatic heterocycles. The molecule has 2 aliphatic heterocycles. The molecule has 7 heteroatoms. The number of carboxylic acid groups (broad SMARTS) is 1. The van der Waals surface area contributed by atoms with Crippen molar-refractivity contribution in [1.29, 1.82) is 0 Å². The van der Waals surface area contributed by atoms with Crippen LogP contribution < -0.4 is 0 Å². The first-order valence-electron chi connectivity index (χ1n) is 7.34. The Bertz CT molecular complexity index is 873. The van der Waals surface area contributed by atoms with E-state index in [0.29, 0.717) is 33.9 Å². The van der Waals surface area contributed by atoms with Crippen molar-refractivity contribution in [2.24, 2.45) is 0 Å². The van der Waals surface area contributed by atoms with E-state index in [2.05, 4.69) is 0 Å². The first-order chi connectivity index (χ1) is 10.7. The van der Waals surface area contributed by atoms with Crippen molar-refractivity contribution >= 4 is 24.7 Å². The molecule has 3 heterocycles. The van der Waals surface area contributed by atoms with Gasteiger partial charge in [0.25, 0.3) is 0 Å². The molecule has 0 bridgehead atoms. The minimum atomic E-state index is -4.00. The van der Waals surface area contributed by atoms with Crippen LogP contribution in [0.25, 0.3) is 6.08 Å². The number of hydrogen-bond acceptors (Lipinski definition) is 1. The van der Waals surface area contributed by atoms with E-state index in [9.17, 15) is 4.79 Å². The van der Waals surface area contributed by atoms with Gasteiger partial charge in [-0.25, -0.2) is 4.79 Å². The summed E-state index contributed by atoms with van der Waals surface area (Å²) < 4.78 is 32.4. The lowest BCUT2D eigenvalue weighted by Crippen LogP contribution is -2.50. The smallest absolute Gasteiger partial charge is 0.478 e. The molecule has 3 rings (SSSR count). The van der Waals surface area contributed by atoms with Crippen molar-refractivity contribution in [2.45, 2.75) is 27.7 Å². The van der Waals surface area contributed by atoms with E-state index < -0.39 is 12.9 Å². The SMILES string of the molecule is CC1=C(/C=C/C(=O)O)C(C)=[N+]2C1=Cc1c(C)cc(C)n1[B-]2(F)F. The molecule has 0 atom stereocenters. The fraction of sp³-hybridized carbons (Fsp3) is 0.250. The molecule has 1 aromatic rings. The maximum atomic E-state index is 15.1. The van der Waals surface area contributed by atoms with Gasteiger partial charge in [0.05, 0.1) is 0 Å². The fourth-order valence-corrected chi connectivity index (χ4v) is 3.56. The van der Waals surface area contributed by atoms with Gasteiger partial charge in [-0.15, -0.1) is 0 Å². The lowest BCUT2D eigenvalue weighted by molar-refractivity contribution is -0.363. The average molecular weight is 318 g/mol. The molecule has 1 N–H and O–H groups in total. The molecule has 0 saturated carbocycles. The number of allylic oxidation sites excluding steroid dienone is 3. The third kappa shape index (κ3) is 2.03. The number of carbonyl (C=O) groups is 1. The second kappa shape index (κ2) is 4.78. The Morgan fingerprint density at radius 3 is 2.57 bits per heavy atom. The van der Waals surface area contributed by atoms with Crippen molar-refractivity contribution in [3.8, 4) is 0 Å². The van der Waals surface area contributed by atoms with Crippen LogP contribution in [0.4, 0.5) is 8.63 Å². The molecule has 23 heavy (non-hydrogen) atoms. The van der Waals surface area contributed by atoms with Crippen LogP contribution in [0.5, 0.6) is 0 Å². The highest BCUT2D eigenvalue weighted by atomic mass is 19.2. The second-order valence-electron chi connectivity index (χ2n) is 6.01. The fourth-order valence-electron chi connectivity index (χ4n) is 3.56. The van der Waals surface area contributed by atoms with Crippen LogP contribution in [0.15, 0.2) is 35.1 Å². The van der Waals surface area contributed by atoms with Gasteiger partial charge in [0.1, 0.15) is 5.71 Å². The standard InChI is InChI=1S/C16H17BF2N2O2/c1-9-7-10(2)20-14(9)8-15-11(3)13(5-6-16(22)23)12(4)21(15)17(20,18)19/h5-8H,1-4H3,(H,22,23)/b6-5+. The van der Waals surface area contributed by atoms with Gasteiger partial charge < -0.3 is 22.7 Å². The molecule has 0 saturated heterocycles. The molecular weight excluding hydrogens is 301 g/mol. The van der Waals surface area contributed by atoms with Gasteiger partial charge in [0.15, 0.2) is 5.70 Å². The van der Waals surface area contributed by atoms with Crippen molar-refractivity contribution in [3.05, 3.63) is 52.0 Å². The summed E-state index contributed by atoms with van der Waals surface area (Å²) in [5.74, 6) is -1.10. The van der Waals surface area contributed by atoms with Gasteiger partial charge >= 0.3 is 12.9 Å². The summed E-state index contributed by atoms with van der Waals surface area (Å²) in [4.78, 5) is 10.7. The zero-order chi connectivity index (χ0) is 17.1. The van der Waals surface area contributed by atoms with Crippen LogP contribution >= 0.6 is 0 Å². The highest BCUT2D eigenvalue weighted by molar-refractivity contribution is 6.58. The van der Waals surface area contributed by atoms with Crippen LogP contribution in [0, 0.1) is 13.8 Å². The van der Waals surface area contributed by atoms with Crippen molar-refractivity contribution in [1.82, 2.24) is 4.48 Å². The first-order valence-corrected chi connectivity index (χ1v) is 7.34. The summed E-state index contributed by atoms with van der Waals surface area (Å²) in [6.07, 6.45) is 4.11. The molecule has 0 aliphatic carbocycles.